The molecule has 146 valence electrons. The van der Waals surface area contributed by atoms with Crippen LogP contribution in [0.25, 0.3) is 5.69 Å². The molecule has 28 heavy (non-hydrogen) atoms. The molecule has 3 aromatic rings. The Balaban J connectivity index is 1.55. The topological polar surface area (TPSA) is 73.3 Å². The third-order valence-electron chi connectivity index (χ3n) is 4.25. The lowest BCUT2D eigenvalue weighted by atomic mass is 10.1. The molecular formula is C22H24N2O4. The van der Waals surface area contributed by atoms with Crippen LogP contribution < -0.4 is 10.2 Å². The summed E-state index contributed by atoms with van der Waals surface area (Å²) in [6.07, 6.45) is 6.25. The summed E-state index contributed by atoms with van der Waals surface area (Å²) in [6.45, 7) is 4.67. The van der Waals surface area contributed by atoms with Gasteiger partial charge in [0.15, 0.2) is 5.75 Å². The molecule has 0 amide bonds. The highest BCUT2D eigenvalue weighted by Gasteiger charge is 2.09. The minimum Gasteiger partial charge on any atom is -0.488 e. The molecule has 0 aliphatic rings. The molecule has 0 saturated heterocycles. The molecule has 2 aromatic heterocycles. The number of carbonyl (C=O) groups excluding carboxylic acids is 1. The highest BCUT2D eigenvalue weighted by molar-refractivity contribution is 5.89. The summed E-state index contributed by atoms with van der Waals surface area (Å²) >= 11 is 0. The summed E-state index contributed by atoms with van der Waals surface area (Å²) in [5.41, 5.74) is 1.69. The third-order valence-corrected chi connectivity index (χ3v) is 4.25. The van der Waals surface area contributed by atoms with Crippen LogP contribution in [0.4, 0.5) is 0 Å². The van der Waals surface area contributed by atoms with Gasteiger partial charge in [0.25, 0.3) is 0 Å². The Labute approximate surface area is 163 Å². The summed E-state index contributed by atoms with van der Waals surface area (Å²) in [6, 6.07) is 12.4. The molecule has 0 atom stereocenters. The van der Waals surface area contributed by atoms with Gasteiger partial charge in [-0.15, -0.1) is 0 Å². The van der Waals surface area contributed by atoms with Crippen molar-refractivity contribution >= 4 is 5.97 Å². The quantitative estimate of drug-likeness (QED) is 0.601. The Morgan fingerprint density at radius 3 is 2.50 bits per heavy atom. The maximum absolute atomic E-state index is 12.2. The Morgan fingerprint density at radius 2 is 1.86 bits per heavy atom. The second kappa shape index (κ2) is 9.08. The van der Waals surface area contributed by atoms with E-state index in [2.05, 4.69) is 18.8 Å². The average molecular weight is 380 g/mol. The molecule has 6 nitrogen and oxygen atoms in total. The molecular weight excluding hydrogens is 356 g/mol. The first kappa shape index (κ1) is 19.5. The van der Waals surface area contributed by atoms with Crippen LogP contribution in [0.5, 0.6) is 5.75 Å². The lowest BCUT2D eigenvalue weighted by Crippen LogP contribution is -2.13. The summed E-state index contributed by atoms with van der Waals surface area (Å²) in [5.74, 6) is 0.337. The Morgan fingerprint density at radius 1 is 1.14 bits per heavy atom. The molecule has 0 radical (unpaired) electrons. The van der Waals surface area contributed by atoms with Gasteiger partial charge in [0.1, 0.15) is 6.61 Å². The van der Waals surface area contributed by atoms with E-state index in [0.29, 0.717) is 23.8 Å². The number of ether oxygens (including phenoxy) is 2. The van der Waals surface area contributed by atoms with Crippen molar-refractivity contribution in [2.75, 3.05) is 6.61 Å². The number of hydrogen-bond donors (Lipinski definition) is 1. The van der Waals surface area contributed by atoms with E-state index in [1.165, 1.54) is 12.3 Å². The van der Waals surface area contributed by atoms with E-state index in [1.807, 2.05) is 41.2 Å². The number of nitrogens with one attached hydrogen (secondary N) is 1. The molecule has 2 heterocycles. The highest BCUT2D eigenvalue weighted by Crippen LogP contribution is 2.12. The number of aromatic amines is 1. The lowest BCUT2D eigenvalue weighted by Gasteiger charge is -2.09. The van der Waals surface area contributed by atoms with Crippen molar-refractivity contribution < 1.29 is 14.3 Å². The van der Waals surface area contributed by atoms with Crippen LogP contribution in [-0.4, -0.2) is 22.1 Å². The van der Waals surface area contributed by atoms with E-state index in [-0.39, 0.29) is 17.8 Å². The first-order valence-corrected chi connectivity index (χ1v) is 9.28. The smallest absolute Gasteiger partial charge is 0.338 e. The maximum atomic E-state index is 12.2. The molecule has 0 saturated carbocycles. The number of rotatable bonds is 8. The van der Waals surface area contributed by atoms with Gasteiger partial charge in [-0.05, 0) is 48.7 Å². The van der Waals surface area contributed by atoms with E-state index >= 15 is 0 Å². The van der Waals surface area contributed by atoms with Crippen molar-refractivity contribution in [3.8, 4) is 11.4 Å². The van der Waals surface area contributed by atoms with Crippen LogP contribution in [0, 0.1) is 5.92 Å². The van der Waals surface area contributed by atoms with Gasteiger partial charge in [0, 0.05) is 30.3 Å². The fraction of sp³-hybridized carbons (Fsp3) is 0.273. The lowest BCUT2D eigenvalue weighted by molar-refractivity contribution is 0.0467. The second-order valence-corrected chi connectivity index (χ2v) is 6.93. The van der Waals surface area contributed by atoms with Crippen LogP contribution in [0.2, 0.25) is 0 Å². The number of benzene rings is 1. The Kier molecular flexibility index (Phi) is 6.32. The average Bonchev–Trinajstić information content (AvgIpc) is 3.22. The number of hydrogen-bond acceptors (Lipinski definition) is 4. The first-order chi connectivity index (χ1) is 13.5. The summed E-state index contributed by atoms with van der Waals surface area (Å²) < 4.78 is 12.7. The van der Waals surface area contributed by atoms with Crippen LogP contribution >= 0.6 is 0 Å². The fourth-order valence-corrected chi connectivity index (χ4v) is 2.60. The molecule has 0 fully saturated rings. The van der Waals surface area contributed by atoms with E-state index in [4.69, 9.17) is 9.47 Å². The van der Waals surface area contributed by atoms with Gasteiger partial charge in [0.2, 0.25) is 5.43 Å². The van der Waals surface area contributed by atoms with E-state index < -0.39 is 5.97 Å². The zero-order valence-electron chi connectivity index (χ0n) is 16.1. The van der Waals surface area contributed by atoms with E-state index in [0.717, 1.165) is 12.1 Å². The van der Waals surface area contributed by atoms with Gasteiger partial charge in [-0.1, -0.05) is 13.8 Å². The number of pyridine rings is 1. The largest absolute Gasteiger partial charge is 0.488 e. The number of esters is 1. The normalized spacial score (nSPS) is 10.8. The van der Waals surface area contributed by atoms with Crippen molar-refractivity contribution in [3.63, 3.8) is 0 Å². The van der Waals surface area contributed by atoms with Crippen LogP contribution in [0.1, 0.15) is 36.3 Å². The minimum absolute atomic E-state index is 0.0142. The molecule has 0 aliphatic heterocycles. The number of H-pyrrole nitrogens is 1. The Bertz CT molecular complexity index is 957. The van der Waals surface area contributed by atoms with Crippen molar-refractivity contribution in [2.24, 2.45) is 5.92 Å². The van der Waals surface area contributed by atoms with E-state index in [9.17, 15) is 9.59 Å². The van der Waals surface area contributed by atoms with Crippen molar-refractivity contribution in [1.29, 1.82) is 0 Å². The summed E-state index contributed by atoms with van der Waals surface area (Å²) in [4.78, 5) is 27.3. The van der Waals surface area contributed by atoms with Gasteiger partial charge in [-0.3, -0.25) is 4.79 Å². The molecule has 0 aliphatic carbocycles. The third kappa shape index (κ3) is 5.13. The molecule has 0 bridgehead atoms. The molecule has 6 heteroatoms. The summed E-state index contributed by atoms with van der Waals surface area (Å²) in [5, 5.41) is 0. The maximum Gasteiger partial charge on any atom is 0.338 e. The first-order valence-electron chi connectivity index (χ1n) is 9.28. The van der Waals surface area contributed by atoms with E-state index in [1.54, 1.807) is 12.1 Å². The number of nitrogens with zero attached hydrogens (tertiary/aromatic N) is 1. The standard InChI is InChI=1S/C22H24N2O4/c1-16(2)9-12-27-21-14-23-18(13-20(21)25)15-28-22(26)17-5-7-19(8-6-17)24-10-3-4-11-24/h3-8,10-11,13-14,16H,9,12,15H2,1-2H3,(H,23,25). The zero-order chi connectivity index (χ0) is 19.9. The van der Waals surface area contributed by atoms with Gasteiger partial charge < -0.3 is 19.0 Å². The van der Waals surface area contributed by atoms with Gasteiger partial charge in [-0.25, -0.2) is 4.79 Å². The molecule has 3 rings (SSSR count). The molecule has 0 unspecified atom stereocenters. The van der Waals surface area contributed by atoms with Crippen LogP contribution in [0.3, 0.4) is 0 Å². The van der Waals surface area contributed by atoms with Crippen molar-refractivity contribution in [3.05, 3.63) is 82.5 Å². The van der Waals surface area contributed by atoms with Crippen molar-refractivity contribution in [2.45, 2.75) is 26.9 Å². The SMILES string of the molecule is CC(C)CCOc1c[nH]c(COC(=O)c2ccc(-n3cccc3)cc2)cc1=O. The van der Waals surface area contributed by atoms with Gasteiger partial charge in [-0.2, -0.15) is 0 Å². The zero-order valence-corrected chi connectivity index (χ0v) is 16.1. The van der Waals surface area contributed by atoms with Crippen LogP contribution in [0.15, 0.2) is 65.8 Å². The summed E-state index contributed by atoms with van der Waals surface area (Å²) in [7, 11) is 0. The fourth-order valence-electron chi connectivity index (χ4n) is 2.60. The monoisotopic (exact) mass is 380 g/mol. The predicted octanol–water partition coefficient (Wildman–Crippen LogP) is 3.95. The Hall–Kier alpha value is -3.28. The van der Waals surface area contributed by atoms with Crippen molar-refractivity contribution in [1.82, 2.24) is 9.55 Å². The van der Waals surface area contributed by atoms with Gasteiger partial charge in [0.05, 0.1) is 17.9 Å². The minimum atomic E-state index is -0.447. The highest BCUT2D eigenvalue weighted by atomic mass is 16.5. The molecule has 1 N–H and O–H groups in total. The van der Waals surface area contributed by atoms with Gasteiger partial charge >= 0.3 is 5.97 Å². The number of carbonyl (C=O) groups is 1. The second-order valence-electron chi connectivity index (χ2n) is 6.93. The molecule has 0 spiro atoms. The number of aromatic nitrogens is 2. The molecule has 1 aromatic carbocycles. The predicted molar refractivity (Wildman–Crippen MR) is 107 cm³/mol. The van der Waals surface area contributed by atoms with Crippen LogP contribution in [-0.2, 0) is 11.3 Å².